The van der Waals surface area contributed by atoms with Crippen LogP contribution in [0.25, 0.3) is 11.1 Å². The molecular weight excluding hydrogens is 200 g/mol. The molecule has 0 aliphatic carbocycles. The molecule has 0 spiro atoms. The predicted molar refractivity (Wildman–Crippen MR) is 63.6 cm³/mol. The van der Waals surface area contributed by atoms with Crippen LogP contribution in [0, 0.1) is 0 Å². The van der Waals surface area contributed by atoms with Crippen molar-refractivity contribution < 1.29 is 5.11 Å². The van der Waals surface area contributed by atoms with Gasteiger partial charge in [-0.3, -0.25) is 0 Å². The molecule has 0 amide bonds. The third kappa shape index (κ3) is 1.46. The van der Waals surface area contributed by atoms with Gasteiger partial charge in [0.15, 0.2) is 0 Å². The molecule has 2 aromatic rings. The average Bonchev–Trinajstić information content (AvgIpc) is 2.72. The van der Waals surface area contributed by atoms with Crippen LogP contribution in [0.5, 0.6) is 0 Å². The topological polar surface area (TPSA) is 44.3 Å². The molecule has 1 atom stereocenters. The number of nitrogens with one attached hydrogen (secondary N) is 2. The van der Waals surface area contributed by atoms with Crippen LogP contribution in [0.1, 0.15) is 11.8 Å². The van der Waals surface area contributed by atoms with E-state index >= 15 is 0 Å². The fourth-order valence-electron chi connectivity index (χ4n) is 1.94. The van der Waals surface area contributed by atoms with Gasteiger partial charge in [0.05, 0.1) is 5.69 Å². The summed E-state index contributed by atoms with van der Waals surface area (Å²) in [6, 6.07) is 16.2. The predicted octanol–water partition coefficient (Wildman–Crippen LogP) is 2.27. The molecule has 1 aliphatic rings. The van der Waals surface area contributed by atoms with Gasteiger partial charge in [0, 0.05) is 5.56 Å². The first-order valence-corrected chi connectivity index (χ1v) is 5.23. The Morgan fingerprint density at radius 3 is 2.56 bits per heavy atom. The molecule has 3 rings (SSSR count). The van der Waals surface area contributed by atoms with Crippen molar-refractivity contribution in [3.05, 3.63) is 54.1 Å². The Hall–Kier alpha value is -1.84. The first kappa shape index (κ1) is 9.39. The molecule has 0 saturated carbocycles. The van der Waals surface area contributed by atoms with E-state index in [1.165, 1.54) is 0 Å². The molecule has 1 unspecified atom stereocenters. The molecular formula is C13H12N2O. The number of hydrogen-bond donors (Lipinski definition) is 3. The zero-order valence-electron chi connectivity index (χ0n) is 8.64. The van der Waals surface area contributed by atoms with Crippen LogP contribution in [0.4, 0.5) is 5.69 Å². The number of anilines is 1. The molecule has 3 N–H and O–H groups in total. The molecule has 3 nitrogen and oxygen atoms in total. The quantitative estimate of drug-likeness (QED) is 0.679. The maximum atomic E-state index is 9.68. The Balaban J connectivity index is 2.08. The second kappa shape index (κ2) is 3.63. The first-order chi connectivity index (χ1) is 7.84. The molecule has 80 valence electrons. The highest BCUT2D eigenvalue weighted by atomic mass is 16.3. The molecule has 0 saturated heterocycles. The molecule has 0 aromatic heterocycles. The standard InChI is InChI=1S/C13H12N2O/c16-13-11-8-10(6-7-12(11)14-15-13)9-4-2-1-3-5-9/h1-8,13-16H. The fourth-order valence-corrected chi connectivity index (χ4v) is 1.94. The van der Waals surface area contributed by atoms with E-state index in [1.807, 2.05) is 36.4 Å². The van der Waals surface area contributed by atoms with E-state index in [9.17, 15) is 5.11 Å². The second-order valence-electron chi connectivity index (χ2n) is 3.84. The van der Waals surface area contributed by atoms with Crippen molar-refractivity contribution >= 4 is 5.69 Å². The number of rotatable bonds is 1. The van der Waals surface area contributed by atoms with Gasteiger partial charge in [-0.2, -0.15) is 0 Å². The van der Waals surface area contributed by atoms with Crippen molar-refractivity contribution in [1.82, 2.24) is 5.43 Å². The third-order valence-electron chi connectivity index (χ3n) is 2.80. The van der Waals surface area contributed by atoms with Gasteiger partial charge in [0.1, 0.15) is 6.23 Å². The van der Waals surface area contributed by atoms with Gasteiger partial charge in [-0.05, 0) is 23.3 Å². The minimum Gasteiger partial charge on any atom is -0.373 e. The summed E-state index contributed by atoms with van der Waals surface area (Å²) in [6.45, 7) is 0. The van der Waals surface area contributed by atoms with Crippen molar-refractivity contribution in [2.45, 2.75) is 6.23 Å². The molecule has 0 fully saturated rings. The Morgan fingerprint density at radius 1 is 0.938 bits per heavy atom. The maximum Gasteiger partial charge on any atom is 0.149 e. The molecule has 0 bridgehead atoms. The monoisotopic (exact) mass is 212 g/mol. The fraction of sp³-hybridized carbons (Fsp3) is 0.0769. The lowest BCUT2D eigenvalue weighted by Gasteiger charge is -2.05. The lowest BCUT2D eigenvalue weighted by atomic mass is 10.0. The highest BCUT2D eigenvalue weighted by molar-refractivity contribution is 5.69. The average molecular weight is 212 g/mol. The summed E-state index contributed by atoms with van der Waals surface area (Å²) < 4.78 is 0. The number of hydrazine groups is 1. The zero-order chi connectivity index (χ0) is 11.0. The van der Waals surface area contributed by atoms with Crippen LogP contribution in [0.15, 0.2) is 48.5 Å². The van der Waals surface area contributed by atoms with Crippen molar-refractivity contribution in [1.29, 1.82) is 0 Å². The van der Waals surface area contributed by atoms with E-state index in [-0.39, 0.29) is 0 Å². The summed E-state index contributed by atoms with van der Waals surface area (Å²) in [5.41, 5.74) is 9.80. The van der Waals surface area contributed by atoms with E-state index in [0.717, 1.165) is 22.4 Å². The summed E-state index contributed by atoms with van der Waals surface area (Å²) in [4.78, 5) is 0. The molecule has 1 heterocycles. The molecule has 1 aliphatic heterocycles. The molecule has 3 heteroatoms. The number of fused-ring (bicyclic) bond motifs is 1. The van der Waals surface area contributed by atoms with Gasteiger partial charge < -0.3 is 10.5 Å². The number of aliphatic hydroxyl groups excluding tert-OH is 1. The third-order valence-corrected chi connectivity index (χ3v) is 2.80. The van der Waals surface area contributed by atoms with Crippen molar-refractivity contribution in [2.24, 2.45) is 0 Å². The van der Waals surface area contributed by atoms with Crippen molar-refractivity contribution in [2.75, 3.05) is 5.43 Å². The summed E-state index contributed by atoms with van der Waals surface area (Å²) in [7, 11) is 0. The Bertz CT molecular complexity index is 511. The molecule has 2 aromatic carbocycles. The van der Waals surface area contributed by atoms with E-state index < -0.39 is 6.23 Å². The summed E-state index contributed by atoms with van der Waals surface area (Å²) in [5.74, 6) is 0. The van der Waals surface area contributed by atoms with Crippen LogP contribution < -0.4 is 10.9 Å². The van der Waals surface area contributed by atoms with Gasteiger partial charge in [-0.1, -0.05) is 36.4 Å². The first-order valence-electron chi connectivity index (χ1n) is 5.23. The van der Waals surface area contributed by atoms with Gasteiger partial charge in [0.2, 0.25) is 0 Å². The van der Waals surface area contributed by atoms with Crippen LogP contribution in [-0.2, 0) is 0 Å². The normalized spacial score (nSPS) is 17.9. The Kier molecular flexibility index (Phi) is 2.13. The van der Waals surface area contributed by atoms with Crippen molar-refractivity contribution in [3.63, 3.8) is 0 Å². The molecule has 0 radical (unpaired) electrons. The SMILES string of the molecule is OC1NNc2ccc(-c3ccccc3)cc21. The summed E-state index contributed by atoms with van der Waals surface area (Å²) in [6.07, 6.45) is -0.626. The van der Waals surface area contributed by atoms with Gasteiger partial charge in [0.25, 0.3) is 0 Å². The number of benzene rings is 2. The van der Waals surface area contributed by atoms with E-state index in [1.54, 1.807) is 0 Å². The van der Waals surface area contributed by atoms with Crippen molar-refractivity contribution in [3.8, 4) is 11.1 Å². The number of aliphatic hydroxyl groups is 1. The minimum absolute atomic E-state index is 0.626. The Morgan fingerprint density at radius 2 is 1.75 bits per heavy atom. The largest absolute Gasteiger partial charge is 0.373 e. The lowest BCUT2D eigenvalue weighted by Crippen LogP contribution is -2.17. The van der Waals surface area contributed by atoms with E-state index in [4.69, 9.17) is 0 Å². The lowest BCUT2D eigenvalue weighted by molar-refractivity contribution is 0.159. The van der Waals surface area contributed by atoms with Gasteiger partial charge >= 0.3 is 0 Å². The van der Waals surface area contributed by atoms with Crippen LogP contribution in [0.2, 0.25) is 0 Å². The smallest absolute Gasteiger partial charge is 0.149 e. The van der Waals surface area contributed by atoms with E-state index in [2.05, 4.69) is 23.0 Å². The number of hydrogen-bond acceptors (Lipinski definition) is 3. The van der Waals surface area contributed by atoms with Gasteiger partial charge in [-0.25, -0.2) is 5.43 Å². The minimum atomic E-state index is -0.626. The van der Waals surface area contributed by atoms with Crippen LogP contribution in [0.3, 0.4) is 0 Å². The highest BCUT2D eigenvalue weighted by Gasteiger charge is 2.19. The summed E-state index contributed by atoms with van der Waals surface area (Å²) >= 11 is 0. The van der Waals surface area contributed by atoms with Crippen LogP contribution >= 0.6 is 0 Å². The maximum absolute atomic E-state index is 9.68. The summed E-state index contributed by atoms with van der Waals surface area (Å²) in [5, 5.41) is 9.68. The van der Waals surface area contributed by atoms with Gasteiger partial charge in [-0.15, -0.1) is 0 Å². The van der Waals surface area contributed by atoms with E-state index in [0.29, 0.717) is 0 Å². The zero-order valence-corrected chi connectivity index (χ0v) is 8.64. The second-order valence-corrected chi connectivity index (χ2v) is 3.84. The Labute approximate surface area is 93.7 Å². The van der Waals surface area contributed by atoms with Crippen LogP contribution in [-0.4, -0.2) is 5.11 Å². The molecule has 16 heavy (non-hydrogen) atoms. The highest BCUT2D eigenvalue weighted by Crippen LogP contribution is 2.31.